The highest BCUT2D eigenvalue weighted by Gasteiger charge is 2.17. The number of carbonyl (C=O) groups is 2. The molecular weight excluding hydrogens is 446 g/mol. The van der Waals surface area contributed by atoms with Gasteiger partial charge in [-0.25, -0.2) is 17.9 Å². The van der Waals surface area contributed by atoms with Crippen LogP contribution in [0.15, 0.2) is 66.1 Å². The summed E-state index contributed by atoms with van der Waals surface area (Å²) in [6, 6.07) is 10.8. The van der Waals surface area contributed by atoms with Crippen LogP contribution in [0.25, 0.3) is 0 Å². The molecule has 0 bridgehead atoms. The Morgan fingerprint density at radius 3 is 2.31 bits per heavy atom. The minimum absolute atomic E-state index is 0.00182. The Kier molecular flexibility index (Phi) is 8.85. The third kappa shape index (κ3) is 7.43. The van der Waals surface area contributed by atoms with Gasteiger partial charge in [-0.1, -0.05) is 18.2 Å². The topological polar surface area (TPSA) is 102 Å². The normalized spacial score (nSPS) is 11.1. The van der Waals surface area contributed by atoms with E-state index >= 15 is 0 Å². The molecule has 32 heavy (non-hydrogen) atoms. The Hall–Kier alpha value is -3.31. The van der Waals surface area contributed by atoms with Gasteiger partial charge < -0.3 is 14.4 Å². The van der Waals surface area contributed by atoms with Crippen LogP contribution in [0.2, 0.25) is 0 Å². The van der Waals surface area contributed by atoms with Gasteiger partial charge in [0.1, 0.15) is 5.75 Å². The summed E-state index contributed by atoms with van der Waals surface area (Å²) in [4.78, 5) is 25.6. The first kappa shape index (κ1) is 25.0. The Bertz CT molecular complexity index is 1040. The van der Waals surface area contributed by atoms with Crippen LogP contribution < -0.4 is 9.46 Å². The first-order valence-electron chi connectivity index (χ1n) is 9.28. The van der Waals surface area contributed by atoms with Crippen molar-refractivity contribution < 1.29 is 36.3 Å². The van der Waals surface area contributed by atoms with Gasteiger partial charge in [0.15, 0.2) is 6.61 Å². The average Bonchev–Trinajstić information content (AvgIpc) is 2.76. The zero-order valence-corrected chi connectivity index (χ0v) is 18.0. The lowest BCUT2D eigenvalue weighted by Gasteiger charge is -2.17. The smallest absolute Gasteiger partial charge is 0.387 e. The molecule has 1 N–H and O–H groups in total. The van der Waals surface area contributed by atoms with Crippen molar-refractivity contribution in [2.24, 2.45) is 0 Å². The molecule has 0 aliphatic heterocycles. The molecule has 8 nitrogen and oxygen atoms in total. The van der Waals surface area contributed by atoms with E-state index in [0.29, 0.717) is 5.56 Å². The van der Waals surface area contributed by atoms with Crippen LogP contribution in [-0.2, 0) is 26.1 Å². The number of halogens is 2. The molecule has 2 rings (SSSR count). The highest BCUT2D eigenvalue weighted by atomic mass is 32.2. The van der Waals surface area contributed by atoms with Crippen LogP contribution in [0.3, 0.4) is 0 Å². The third-order valence-electron chi connectivity index (χ3n) is 4.14. The van der Waals surface area contributed by atoms with Crippen LogP contribution in [0.5, 0.6) is 5.75 Å². The zero-order valence-electron chi connectivity index (χ0n) is 17.2. The summed E-state index contributed by atoms with van der Waals surface area (Å²) in [6.07, 6.45) is 1.40. The number of benzene rings is 2. The first-order chi connectivity index (χ1) is 15.1. The number of esters is 1. The number of carbonyl (C=O) groups excluding carboxylic acids is 2. The predicted octanol–water partition coefficient (Wildman–Crippen LogP) is 2.57. The molecule has 0 heterocycles. The summed E-state index contributed by atoms with van der Waals surface area (Å²) in [5.74, 6) is -1.27. The van der Waals surface area contributed by atoms with Gasteiger partial charge in [-0.05, 0) is 42.0 Å². The molecule has 0 radical (unpaired) electrons. The van der Waals surface area contributed by atoms with Crippen molar-refractivity contribution in [3.63, 3.8) is 0 Å². The summed E-state index contributed by atoms with van der Waals surface area (Å²) in [5, 5.41) is 0. The van der Waals surface area contributed by atoms with Gasteiger partial charge in [-0.2, -0.15) is 8.78 Å². The summed E-state index contributed by atoms with van der Waals surface area (Å²) in [7, 11) is -2.22. The molecule has 2 aromatic carbocycles. The van der Waals surface area contributed by atoms with E-state index < -0.39 is 35.1 Å². The monoisotopic (exact) mass is 468 g/mol. The van der Waals surface area contributed by atoms with Crippen molar-refractivity contribution >= 4 is 21.9 Å². The van der Waals surface area contributed by atoms with E-state index in [1.165, 1.54) is 66.6 Å². The molecule has 0 spiro atoms. The fourth-order valence-electron chi connectivity index (χ4n) is 2.48. The molecule has 0 aliphatic rings. The number of hydrogen-bond donors (Lipinski definition) is 1. The van der Waals surface area contributed by atoms with Crippen LogP contribution in [0.4, 0.5) is 8.78 Å². The minimum Gasteiger partial charge on any atom is -0.452 e. The Morgan fingerprint density at radius 2 is 1.75 bits per heavy atom. The molecule has 11 heteroatoms. The second kappa shape index (κ2) is 11.3. The van der Waals surface area contributed by atoms with Crippen molar-refractivity contribution in [1.82, 2.24) is 9.62 Å². The van der Waals surface area contributed by atoms with Gasteiger partial charge in [0.2, 0.25) is 10.0 Å². The number of rotatable bonds is 11. The number of amides is 1. The van der Waals surface area contributed by atoms with Crippen LogP contribution in [0.1, 0.15) is 15.9 Å². The molecule has 0 atom stereocenters. The maximum Gasteiger partial charge on any atom is 0.387 e. The zero-order chi connectivity index (χ0) is 23.7. The maximum absolute atomic E-state index is 12.2. The Morgan fingerprint density at radius 1 is 1.12 bits per heavy atom. The van der Waals surface area contributed by atoms with Crippen molar-refractivity contribution in [2.75, 3.05) is 20.2 Å². The molecule has 0 saturated heterocycles. The summed E-state index contributed by atoms with van der Waals surface area (Å²) in [5.41, 5.74) is 0.744. The average molecular weight is 468 g/mol. The number of nitrogens with one attached hydrogen (secondary N) is 1. The second-order valence-electron chi connectivity index (χ2n) is 6.51. The third-order valence-corrected chi connectivity index (χ3v) is 5.58. The molecular formula is C21H22F2N2O6S. The van der Waals surface area contributed by atoms with Crippen molar-refractivity contribution in [1.29, 1.82) is 0 Å². The van der Waals surface area contributed by atoms with E-state index in [1.807, 2.05) is 0 Å². The molecule has 172 valence electrons. The lowest BCUT2D eigenvalue weighted by atomic mass is 10.2. The van der Waals surface area contributed by atoms with E-state index in [9.17, 15) is 26.8 Å². The second-order valence-corrected chi connectivity index (χ2v) is 8.28. The van der Waals surface area contributed by atoms with Gasteiger partial charge >= 0.3 is 12.6 Å². The largest absolute Gasteiger partial charge is 0.452 e. The van der Waals surface area contributed by atoms with Crippen LogP contribution in [0, 0.1) is 0 Å². The van der Waals surface area contributed by atoms with Gasteiger partial charge in [0.25, 0.3) is 5.91 Å². The van der Waals surface area contributed by atoms with Crippen LogP contribution in [-0.4, -0.2) is 52.0 Å². The molecule has 0 aliphatic carbocycles. The fraction of sp³-hybridized carbons (Fsp3) is 0.238. The molecule has 0 unspecified atom stereocenters. The van der Waals surface area contributed by atoms with Crippen molar-refractivity contribution in [3.8, 4) is 5.75 Å². The number of sulfonamides is 1. The number of alkyl halides is 2. The number of nitrogens with zero attached hydrogens (tertiary/aromatic N) is 1. The van der Waals surface area contributed by atoms with E-state index in [4.69, 9.17) is 4.74 Å². The SMILES string of the molecule is C=CCNS(=O)(=O)c1ccc(C(=O)OCC(=O)N(C)Cc2ccc(OC(F)F)cc2)cc1. The lowest BCUT2D eigenvalue weighted by molar-refractivity contribution is -0.133. The molecule has 1 amide bonds. The van der Waals surface area contributed by atoms with Gasteiger partial charge in [-0.15, -0.1) is 6.58 Å². The number of ether oxygens (including phenoxy) is 2. The van der Waals surface area contributed by atoms with Crippen molar-refractivity contribution in [3.05, 3.63) is 72.3 Å². The number of likely N-dealkylation sites (N-methyl/N-ethyl adjacent to an activating group) is 1. The summed E-state index contributed by atoms with van der Waals surface area (Å²) in [6.45, 7) is 0.209. The molecule has 0 aromatic heterocycles. The van der Waals surface area contributed by atoms with E-state index in [1.54, 1.807) is 0 Å². The van der Waals surface area contributed by atoms with Crippen molar-refractivity contribution in [2.45, 2.75) is 18.1 Å². The van der Waals surface area contributed by atoms with Gasteiger partial charge in [0, 0.05) is 20.1 Å². The van der Waals surface area contributed by atoms with Crippen LogP contribution >= 0.6 is 0 Å². The quantitative estimate of drug-likeness (QED) is 0.402. The van der Waals surface area contributed by atoms with E-state index in [2.05, 4.69) is 16.0 Å². The van der Waals surface area contributed by atoms with E-state index in [0.717, 1.165) is 0 Å². The Balaban J connectivity index is 1.87. The highest BCUT2D eigenvalue weighted by Crippen LogP contribution is 2.16. The van der Waals surface area contributed by atoms with Gasteiger partial charge in [-0.3, -0.25) is 4.79 Å². The lowest BCUT2D eigenvalue weighted by Crippen LogP contribution is -2.30. The Labute approximate surface area is 184 Å². The highest BCUT2D eigenvalue weighted by molar-refractivity contribution is 7.89. The summed E-state index contributed by atoms with van der Waals surface area (Å²) >= 11 is 0. The fourth-order valence-corrected chi connectivity index (χ4v) is 3.48. The van der Waals surface area contributed by atoms with E-state index in [-0.39, 0.29) is 29.3 Å². The maximum atomic E-state index is 12.2. The molecule has 0 fully saturated rings. The minimum atomic E-state index is -3.72. The number of hydrogen-bond acceptors (Lipinski definition) is 6. The summed E-state index contributed by atoms with van der Waals surface area (Å²) < 4.78 is 59.9. The standard InChI is InChI=1S/C21H22F2N2O6S/c1-3-12-24-32(28,29)18-10-6-16(7-11-18)20(27)30-14-19(26)25(2)13-15-4-8-17(9-5-15)31-21(22)23/h3-11,21,24H,1,12-14H2,2H3. The van der Waals surface area contributed by atoms with Gasteiger partial charge in [0.05, 0.1) is 10.5 Å². The molecule has 2 aromatic rings. The predicted molar refractivity (Wildman–Crippen MR) is 112 cm³/mol. The first-order valence-corrected chi connectivity index (χ1v) is 10.8. The molecule has 0 saturated carbocycles.